The highest BCUT2D eigenvalue weighted by molar-refractivity contribution is 6.57. The van der Waals surface area contributed by atoms with Gasteiger partial charge in [-0.1, -0.05) is 11.6 Å². The van der Waals surface area contributed by atoms with Crippen LogP contribution in [0, 0.1) is 0 Å². The maximum atomic E-state index is 12.2. The van der Waals surface area contributed by atoms with Crippen molar-refractivity contribution in [3.05, 3.63) is 35.5 Å². The molecule has 2 aromatic rings. The fraction of sp³-hybridized carbons (Fsp3) is 0.111. The van der Waals surface area contributed by atoms with E-state index in [4.69, 9.17) is 11.6 Å². The summed E-state index contributed by atoms with van der Waals surface area (Å²) in [7, 11) is 0. The zero-order valence-corrected chi connectivity index (χ0v) is 8.39. The third-order valence-electron chi connectivity index (χ3n) is 2.14. The van der Waals surface area contributed by atoms with Gasteiger partial charge in [-0.05, 0) is 30.7 Å². The van der Waals surface area contributed by atoms with Gasteiger partial charge >= 0.3 is 6.98 Å². The lowest BCUT2D eigenvalue weighted by atomic mass is 9.92. The van der Waals surface area contributed by atoms with Crippen LogP contribution < -0.4 is 0 Å². The predicted molar refractivity (Wildman–Crippen MR) is 56.0 cm³/mol. The number of benzene rings is 1. The normalized spacial score (nSPS) is 12.3. The summed E-state index contributed by atoms with van der Waals surface area (Å²) in [4.78, 5) is 0. The van der Waals surface area contributed by atoms with Crippen molar-refractivity contribution in [3.63, 3.8) is 0 Å². The zero-order chi connectivity index (χ0) is 11.1. The van der Waals surface area contributed by atoms with Crippen LogP contribution in [-0.4, -0.2) is 11.5 Å². The van der Waals surface area contributed by atoms with Crippen molar-refractivity contribution in [2.75, 3.05) is 0 Å². The molecule has 0 fully saturated rings. The van der Waals surface area contributed by atoms with E-state index in [1.54, 1.807) is 24.3 Å². The molecule has 0 amide bonds. The molecule has 0 N–H and O–H groups in total. The highest BCUT2D eigenvalue weighted by Crippen LogP contribution is 2.22. The second-order valence-electron chi connectivity index (χ2n) is 3.38. The Morgan fingerprint density at radius 2 is 1.93 bits per heavy atom. The summed E-state index contributed by atoms with van der Waals surface area (Å²) < 4.78 is 37.9. The molecule has 0 saturated heterocycles. The summed E-state index contributed by atoms with van der Waals surface area (Å²) in [6, 6.07) is 6.46. The van der Waals surface area contributed by atoms with E-state index in [1.807, 2.05) is 0 Å². The quantitative estimate of drug-likeness (QED) is 0.696. The van der Waals surface area contributed by atoms with Gasteiger partial charge < -0.3 is 17.5 Å². The molecular weight excluding hydrogens is 225 g/mol. The summed E-state index contributed by atoms with van der Waals surface area (Å²) in [5.41, 5.74) is 0.554. The molecule has 1 heterocycles. The Balaban J connectivity index is 2.45. The van der Waals surface area contributed by atoms with E-state index in [2.05, 4.69) is 0 Å². The van der Waals surface area contributed by atoms with Crippen LogP contribution in [0.3, 0.4) is 0 Å². The molecule has 0 unspecified atom stereocenters. The van der Waals surface area contributed by atoms with Crippen molar-refractivity contribution >= 4 is 29.5 Å². The molecule has 1 nitrogen and oxygen atoms in total. The van der Waals surface area contributed by atoms with E-state index < -0.39 is 13.4 Å². The van der Waals surface area contributed by atoms with Crippen LogP contribution in [0.1, 0.15) is 0 Å². The Morgan fingerprint density at radius 3 is 2.60 bits per heavy atom. The standard InChI is InChI=1S/C9H7BClF3N/c11-8-1-2-9-7(5-8)3-4-15(9)6-10(12,13)14/h1-5H,6H2/q-1. The largest absolute Gasteiger partial charge is 0.497 e. The Bertz CT molecular complexity index is 492. The van der Waals surface area contributed by atoms with Crippen LogP contribution >= 0.6 is 11.6 Å². The van der Waals surface area contributed by atoms with E-state index in [9.17, 15) is 12.9 Å². The molecule has 80 valence electrons. The second kappa shape index (κ2) is 3.49. The first-order chi connectivity index (χ1) is 6.96. The number of halogens is 4. The van der Waals surface area contributed by atoms with E-state index in [-0.39, 0.29) is 0 Å². The number of fused-ring (bicyclic) bond motifs is 1. The van der Waals surface area contributed by atoms with Gasteiger partial charge in [0.1, 0.15) is 0 Å². The molecule has 0 saturated carbocycles. The topological polar surface area (TPSA) is 4.93 Å². The summed E-state index contributed by atoms with van der Waals surface area (Å²) in [6.07, 6.45) is 0.515. The van der Waals surface area contributed by atoms with Gasteiger partial charge in [-0.3, -0.25) is 0 Å². The molecule has 0 bridgehead atoms. The van der Waals surface area contributed by atoms with Gasteiger partial charge in [0.2, 0.25) is 0 Å². The van der Waals surface area contributed by atoms with Gasteiger partial charge in [-0.2, -0.15) is 0 Å². The van der Waals surface area contributed by atoms with Gasteiger partial charge in [0, 0.05) is 22.1 Å². The second-order valence-corrected chi connectivity index (χ2v) is 3.82. The molecule has 15 heavy (non-hydrogen) atoms. The molecule has 0 aliphatic carbocycles. The fourth-order valence-electron chi connectivity index (χ4n) is 1.55. The van der Waals surface area contributed by atoms with E-state index in [0.29, 0.717) is 10.5 Å². The summed E-state index contributed by atoms with van der Waals surface area (Å²) in [6.45, 7) is -4.81. The van der Waals surface area contributed by atoms with Gasteiger partial charge in [0.25, 0.3) is 0 Å². The number of hydrogen-bond acceptors (Lipinski definition) is 0. The lowest BCUT2D eigenvalue weighted by Crippen LogP contribution is -2.23. The summed E-state index contributed by atoms with van der Waals surface area (Å²) in [5.74, 6) is 0. The SMILES string of the molecule is F[B-](F)(F)Cn1ccc2cc(Cl)ccc21. The van der Waals surface area contributed by atoms with Crippen LogP contribution in [0.2, 0.25) is 5.02 Å². The highest BCUT2D eigenvalue weighted by atomic mass is 35.5. The van der Waals surface area contributed by atoms with Gasteiger partial charge in [0.05, 0.1) is 0 Å². The molecular formula is C9H7BClF3N-. The number of aromatic nitrogens is 1. The molecule has 0 radical (unpaired) electrons. The van der Waals surface area contributed by atoms with Crippen LogP contribution in [0.4, 0.5) is 12.9 Å². The van der Waals surface area contributed by atoms with Crippen LogP contribution in [0.25, 0.3) is 10.9 Å². The highest BCUT2D eigenvalue weighted by Gasteiger charge is 2.23. The summed E-state index contributed by atoms with van der Waals surface area (Å²) in [5, 5.41) is 1.25. The maximum Gasteiger partial charge on any atom is 0.497 e. The van der Waals surface area contributed by atoms with Crippen LogP contribution in [0.5, 0.6) is 0 Å². The molecule has 0 atom stereocenters. The minimum atomic E-state index is -4.81. The number of hydrogen-bond donors (Lipinski definition) is 0. The fourth-order valence-corrected chi connectivity index (χ4v) is 1.73. The van der Waals surface area contributed by atoms with Crippen LogP contribution in [0.15, 0.2) is 30.5 Å². The van der Waals surface area contributed by atoms with Gasteiger partial charge in [0.15, 0.2) is 0 Å². The average Bonchev–Trinajstić information content (AvgIpc) is 2.45. The molecule has 0 aliphatic heterocycles. The van der Waals surface area contributed by atoms with Gasteiger partial charge in [-0.25, -0.2) is 0 Å². The van der Waals surface area contributed by atoms with Crippen molar-refractivity contribution in [3.8, 4) is 0 Å². The zero-order valence-electron chi connectivity index (χ0n) is 7.63. The van der Waals surface area contributed by atoms with Crippen molar-refractivity contribution in [2.45, 2.75) is 6.44 Å². The predicted octanol–water partition coefficient (Wildman–Crippen LogP) is 3.68. The lowest BCUT2D eigenvalue weighted by molar-refractivity contribution is 0.448. The van der Waals surface area contributed by atoms with Crippen molar-refractivity contribution in [2.24, 2.45) is 0 Å². The Hall–Kier alpha value is -1.10. The van der Waals surface area contributed by atoms with Crippen molar-refractivity contribution in [1.82, 2.24) is 4.57 Å². The van der Waals surface area contributed by atoms with Crippen molar-refractivity contribution < 1.29 is 12.9 Å². The molecule has 0 spiro atoms. The molecule has 0 aliphatic rings. The van der Waals surface area contributed by atoms with Crippen LogP contribution in [-0.2, 0) is 6.44 Å². The third-order valence-corrected chi connectivity index (χ3v) is 2.37. The minimum Gasteiger partial charge on any atom is -0.448 e. The molecule has 2 rings (SSSR count). The summed E-state index contributed by atoms with van der Waals surface area (Å²) >= 11 is 5.73. The van der Waals surface area contributed by atoms with Crippen molar-refractivity contribution in [1.29, 1.82) is 0 Å². The smallest absolute Gasteiger partial charge is 0.448 e. The number of nitrogens with zero attached hydrogens (tertiary/aromatic N) is 1. The van der Waals surface area contributed by atoms with Gasteiger partial charge in [-0.15, -0.1) is 0 Å². The first-order valence-electron chi connectivity index (χ1n) is 4.41. The maximum absolute atomic E-state index is 12.2. The first-order valence-corrected chi connectivity index (χ1v) is 4.79. The Labute approximate surface area is 89.5 Å². The molecule has 6 heteroatoms. The number of rotatable bonds is 2. The molecule has 1 aromatic carbocycles. The third kappa shape index (κ3) is 2.29. The van der Waals surface area contributed by atoms with E-state index in [0.717, 1.165) is 5.39 Å². The molecule has 1 aromatic heterocycles. The Kier molecular flexibility index (Phi) is 2.42. The monoisotopic (exact) mass is 232 g/mol. The van der Waals surface area contributed by atoms with E-state index >= 15 is 0 Å². The van der Waals surface area contributed by atoms with E-state index in [1.165, 1.54) is 10.8 Å². The lowest BCUT2D eigenvalue weighted by Gasteiger charge is -2.15. The minimum absolute atomic E-state index is 0.526. The Morgan fingerprint density at radius 1 is 1.20 bits per heavy atom. The average molecular weight is 232 g/mol. The first kappa shape index (κ1) is 10.4.